The first-order valence-electron chi connectivity index (χ1n) is 7.05. The van der Waals surface area contributed by atoms with Crippen LogP contribution in [0.4, 0.5) is 5.69 Å². The van der Waals surface area contributed by atoms with Crippen molar-refractivity contribution < 1.29 is 14.6 Å². The minimum Gasteiger partial charge on any atom is -0.495 e. The molecule has 0 saturated heterocycles. The molecule has 1 amide bonds. The maximum atomic E-state index is 12.3. The summed E-state index contributed by atoms with van der Waals surface area (Å²) in [7, 11) is 1.52. The van der Waals surface area contributed by atoms with Crippen LogP contribution in [0.3, 0.4) is 0 Å². The van der Waals surface area contributed by atoms with Gasteiger partial charge in [-0.05, 0) is 25.0 Å². The molecule has 1 aromatic carbocycles. The first-order chi connectivity index (χ1) is 9.63. The zero-order valence-electron chi connectivity index (χ0n) is 11.8. The summed E-state index contributed by atoms with van der Waals surface area (Å²) in [6.07, 6.45) is 4.19. The van der Waals surface area contributed by atoms with Gasteiger partial charge in [-0.3, -0.25) is 4.79 Å². The Morgan fingerprint density at radius 1 is 1.35 bits per heavy atom. The molecule has 2 rings (SSSR count). The van der Waals surface area contributed by atoms with Crippen molar-refractivity contribution in [1.82, 2.24) is 5.32 Å². The third-order valence-corrected chi connectivity index (χ3v) is 3.83. The van der Waals surface area contributed by atoms with Gasteiger partial charge in [-0.25, -0.2) is 0 Å². The van der Waals surface area contributed by atoms with Gasteiger partial charge in [0.15, 0.2) is 0 Å². The largest absolute Gasteiger partial charge is 0.495 e. The zero-order chi connectivity index (χ0) is 14.5. The molecule has 1 fully saturated rings. The molecule has 1 aliphatic carbocycles. The fraction of sp³-hybridized carbons (Fsp3) is 0.533. The van der Waals surface area contributed by atoms with E-state index in [1.807, 2.05) is 0 Å². The number of benzene rings is 1. The second kappa shape index (κ2) is 6.61. The molecule has 110 valence electrons. The van der Waals surface area contributed by atoms with Crippen molar-refractivity contribution in [3.8, 4) is 5.75 Å². The van der Waals surface area contributed by atoms with E-state index in [1.54, 1.807) is 18.2 Å². The number of nitrogens with two attached hydrogens (primary N) is 1. The van der Waals surface area contributed by atoms with E-state index in [1.165, 1.54) is 7.11 Å². The number of anilines is 1. The number of ether oxygens (including phenoxy) is 1. The molecule has 0 radical (unpaired) electrons. The van der Waals surface area contributed by atoms with Crippen LogP contribution in [-0.4, -0.2) is 30.3 Å². The summed E-state index contributed by atoms with van der Waals surface area (Å²) in [5.74, 6) is 0.228. The zero-order valence-corrected chi connectivity index (χ0v) is 11.8. The summed E-state index contributed by atoms with van der Waals surface area (Å²) in [5.41, 5.74) is 6.64. The fourth-order valence-corrected chi connectivity index (χ4v) is 2.62. The maximum Gasteiger partial charge on any atom is 0.253 e. The predicted molar refractivity (Wildman–Crippen MR) is 77.8 cm³/mol. The molecule has 1 saturated carbocycles. The van der Waals surface area contributed by atoms with E-state index in [0.717, 1.165) is 32.1 Å². The second-order valence-electron chi connectivity index (χ2n) is 5.21. The number of para-hydroxylation sites is 1. The molecule has 20 heavy (non-hydrogen) atoms. The molecule has 5 heteroatoms. The first-order valence-corrected chi connectivity index (χ1v) is 7.05. The van der Waals surface area contributed by atoms with Gasteiger partial charge >= 0.3 is 0 Å². The first kappa shape index (κ1) is 14.7. The van der Waals surface area contributed by atoms with Gasteiger partial charge in [0.25, 0.3) is 5.91 Å². The van der Waals surface area contributed by atoms with Gasteiger partial charge in [0.1, 0.15) is 5.75 Å². The number of hydrogen-bond donors (Lipinski definition) is 3. The van der Waals surface area contributed by atoms with E-state index >= 15 is 0 Å². The number of aliphatic hydroxyl groups excluding tert-OH is 1. The van der Waals surface area contributed by atoms with Crippen LogP contribution >= 0.6 is 0 Å². The van der Waals surface area contributed by atoms with Crippen LogP contribution in [0.2, 0.25) is 0 Å². The standard InChI is InChI=1S/C15H22N2O3/c1-20-13-9-5-6-10(14(13)16)15(19)17-11-7-3-2-4-8-12(11)18/h5-6,9,11-12,18H,2-4,7-8,16H2,1H3,(H,17,19). The SMILES string of the molecule is COc1cccc(C(=O)NC2CCCCCC2O)c1N. The molecule has 5 nitrogen and oxygen atoms in total. The summed E-state index contributed by atoms with van der Waals surface area (Å²) in [6.45, 7) is 0. The molecular formula is C15H22N2O3. The van der Waals surface area contributed by atoms with Crippen LogP contribution < -0.4 is 15.8 Å². The van der Waals surface area contributed by atoms with E-state index in [2.05, 4.69) is 5.32 Å². The van der Waals surface area contributed by atoms with Gasteiger partial charge in [-0.2, -0.15) is 0 Å². The molecular weight excluding hydrogens is 256 g/mol. The quantitative estimate of drug-likeness (QED) is 0.580. The number of methoxy groups -OCH3 is 1. The molecule has 2 atom stereocenters. The van der Waals surface area contributed by atoms with Crippen LogP contribution in [0.15, 0.2) is 18.2 Å². The van der Waals surface area contributed by atoms with Crippen molar-refractivity contribution in [3.05, 3.63) is 23.8 Å². The Hall–Kier alpha value is -1.75. The topological polar surface area (TPSA) is 84.6 Å². The normalized spacial score (nSPS) is 22.9. The number of nitrogen functional groups attached to an aromatic ring is 1. The lowest BCUT2D eigenvalue weighted by Crippen LogP contribution is -2.42. The Labute approximate surface area is 119 Å². The molecule has 0 aromatic heterocycles. The molecule has 0 heterocycles. The fourth-order valence-electron chi connectivity index (χ4n) is 2.62. The van der Waals surface area contributed by atoms with Crippen LogP contribution in [0, 0.1) is 0 Å². The highest BCUT2D eigenvalue weighted by molar-refractivity contribution is 6.00. The van der Waals surface area contributed by atoms with Gasteiger partial charge in [0.2, 0.25) is 0 Å². The Bertz CT molecular complexity index is 476. The van der Waals surface area contributed by atoms with E-state index in [4.69, 9.17) is 10.5 Å². The third kappa shape index (κ3) is 3.22. The lowest BCUT2D eigenvalue weighted by molar-refractivity contribution is 0.0819. The lowest BCUT2D eigenvalue weighted by Gasteiger charge is -2.22. The molecule has 1 aliphatic rings. The Morgan fingerprint density at radius 2 is 2.10 bits per heavy atom. The lowest BCUT2D eigenvalue weighted by atomic mass is 10.0. The number of hydrogen-bond acceptors (Lipinski definition) is 4. The van der Waals surface area contributed by atoms with Crippen molar-refractivity contribution >= 4 is 11.6 Å². The summed E-state index contributed by atoms with van der Waals surface area (Å²) < 4.78 is 5.11. The Kier molecular flexibility index (Phi) is 4.84. The minimum absolute atomic E-state index is 0.199. The molecule has 4 N–H and O–H groups in total. The smallest absolute Gasteiger partial charge is 0.253 e. The number of carbonyl (C=O) groups excluding carboxylic acids is 1. The van der Waals surface area contributed by atoms with Crippen molar-refractivity contribution in [2.45, 2.75) is 44.2 Å². The molecule has 0 aliphatic heterocycles. The minimum atomic E-state index is -0.478. The number of amides is 1. The summed E-state index contributed by atoms with van der Waals surface area (Å²) in [5, 5.41) is 12.9. The number of rotatable bonds is 3. The Balaban J connectivity index is 2.11. The van der Waals surface area contributed by atoms with Crippen LogP contribution in [-0.2, 0) is 0 Å². The summed E-state index contributed by atoms with van der Waals surface area (Å²) in [4.78, 5) is 12.3. The maximum absolute atomic E-state index is 12.3. The van der Waals surface area contributed by atoms with Gasteiger partial charge in [-0.1, -0.05) is 25.3 Å². The van der Waals surface area contributed by atoms with Gasteiger partial charge < -0.3 is 20.9 Å². The average molecular weight is 278 g/mol. The van der Waals surface area contributed by atoms with Crippen LogP contribution in [0.25, 0.3) is 0 Å². The molecule has 0 spiro atoms. The number of aliphatic hydroxyl groups is 1. The third-order valence-electron chi connectivity index (χ3n) is 3.83. The van der Waals surface area contributed by atoms with E-state index in [9.17, 15) is 9.90 Å². The average Bonchev–Trinajstić information content (AvgIpc) is 2.64. The van der Waals surface area contributed by atoms with Crippen molar-refractivity contribution in [1.29, 1.82) is 0 Å². The highest BCUT2D eigenvalue weighted by Crippen LogP contribution is 2.25. The highest BCUT2D eigenvalue weighted by Gasteiger charge is 2.24. The predicted octanol–water partition coefficient (Wildman–Crippen LogP) is 1.70. The van der Waals surface area contributed by atoms with Gasteiger partial charge in [0.05, 0.1) is 30.5 Å². The molecule has 0 bridgehead atoms. The molecule has 1 aromatic rings. The van der Waals surface area contributed by atoms with Crippen molar-refractivity contribution in [3.63, 3.8) is 0 Å². The highest BCUT2D eigenvalue weighted by atomic mass is 16.5. The van der Waals surface area contributed by atoms with Crippen molar-refractivity contribution in [2.75, 3.05) is 12.8 Å². The summed E-state index contributed by atoms with van der Waals surface area (Å²) in [6, 6.07) is 4.91. The van der Waals surface area contributed by atoms with Crippen LogP contribution in [0.1, 0.15) is 42.5 Å². The van der Waals surface area contributed by atoms with Crippen molar-refractivity contribution in [2.24, 2.45) is 0 Å². The summed E-state index contributed by atoms with van der Waals surface area (Å²) >= 11 is 0. The van der Waals surface area contributed by atoms with E-state index in [0.29, 0.717) is 17.0 Å². The van der Waals surface area contributed by atoms with E-state index in [-0.39, 0.29) is 11.9 Å². The van der Waals surface area contributed by atoms with E-state index < -0.39 is 6.10 Å². The molecule has 2 unspecified atom stereocenters. The Morgan fingerprint density at radius 3 is 2.85 bits per heavy atom. The van der Waals surface area contributed by atoms with Gasteiger partial charge in [-0.15, -0.1) is 0 Å². The van der Waals surface area contributed by atoms with Crippen LogP contribution in [0.5, 0.6) is 5.75 Å². The van der Waals surface area contributed by atoms with Gasteiger partial charge in [0, 0.05) is 0 Å². The second-order valence-corrected chi connectivity index (χ2v) is 5.21. The number of nitrogens with one attached hydrogen (secondary N) is 1. The monoisotopic (exact) mass is 278 g/mol. The number of carbonyl (C=O) groups is 1.